The second-order valence-electron chi connectivity index (χ2n) is 3.96. The van der Waals surface area contributed by atoms with Gasteiger partial charge < -0.3 is 10.6 Å². The molecule has 0 unspecified atom stereocenters. The first-order valence-electron chi connectivity index (χ1n) is 5.85. The summed E-state index contributed by atoms with van der Waals surface area (Å²) >= 11 is 0. The van der Waals surface area contributed by atoms with Crippen LogP contribution in [0, 0.1) is 0 Å². The molecule has 0 saturated carbocycles. The van der Waals surface area contributed by atoms with Gasteiger partial charge in [-0.3, -0.25) is 4.79 Å². The van der Waals surface area contributed by atoms with Gasteiger partial charge in [0.15, 0.2) is 5.78 Å². The summed E-state index contributed by atoms with van der Waals surface area (Å²) in [7, 11) is 3.67. The van der Waals surface area contributed by atoms with Crippen LogP contribution < -0.4 is 10.6 Å². The lowest BCUT2D eigenvalue weighted by Gasteiger charge is -2.10. The van der Waals surface area contributed by atoms with Crippen LogP contribution in [0.1, 0.15) is 15.9 Å². The highest BCUT2D eigenvalue weighted by Crippen LogP contribution is 2.23. The van der Waals surface area contributed by atoms with Gasteiger partial charge in [-0.15, -0.1) is 0 Å². The summed E-state index contributed by atoms with van der Waals surface area (Å²) in [5, 5.41) is 6.12. The molecule has 2 rings (SSSR count). The third-order valence-electron chi connectivity index (χ3n) is 2.86. The first-order valence-corrected chi connectivity index (χ1v) is 5.85. The van der Waals surface area contributed by atoms with E-state index in [-0.39, 0.29) is 5.78 Å². The molecule has 0 aromatic heterocycles. The first kappa shape index (κ1) is 12.2. The van der Waals surface area contributed by atoms with Crippen LogP contribution in [0.25, 0.3) is 0 Å². The molecule has 0 saturated heterocycles. The lowest BCUT2D eigenvalue weighted by molar-refractivity contribution is 0.103. The third kappa shape index (κ3) is 2.35. The van der Waals surface area contributed by atoms with E-state index in [1.807, 2.05) is 62.6 Å². The maximum Gasteiger partial charge on any atom is 0.195 e. The standard InChI is InChI=1S/C15H16N2O/c1-16-12-8-9-13(14(10-12)17-2)15(18)11-6-4-3-5-7-11/h3-10,16-17H,1-2H3. The Labute approximate surface area is 107 Å². The van der Waals surface area contributed by atoms with Gasteiger partial charge in [-0.25, -0.2) is 0 Å². The van der Waals surface area contributed by atoms with Crippen molar-refractivity contribution in [3.63, 3.8) is 0 Å². The van der Waals surface area contributed by atoms with Crippen molar-refractivity contribution in [3.05, 3.63) is 59.7 Å². The Bertz CT molecular complexity index is 550. The monoisotopic (exact) mass is 240 g/mol. The molecule has 3 nitrogen and oxygen atoms in total. The van der Waals surface area contributed by atoms with Crippen molar-refractivity contribution in [2.45, 2.75) is 0 Å². The minimum atomic E-state index is 0.0302. The Morgan fingerprint density at radius 2 is 1.67 bits per heavy atom. The zero-order chi connectivity index (χ0) is 13.0. The molecule has 2 aromatic rings. The van der Waals surface area contributed by atoms with E-state index in [0.29, 0.717) is 11.1 Å². The molecule has 0 radical (unpaired) electrons. The fourth-order valence-electron chi connectivity index (χ4n) is 1.85. The van der Waals surface area contributed by atoms with Crippen molar-refractivity contribution >= 4 is 17.2 Å². The Morgan fingerprint density at radius 1 is 0.944 bits per heavy atom. The molecule has 0 bridgehead atoms. The molecule has 0 fully saturated rings. The highest BCUT2D eigenvalue weighted by Gasteiger charge is 2.12. The zero-order valence-electron chi connectivity index (χ0n) is 10.5. The van der Waals surface area contributed by atoms with Gasteiger partial charge in [-0.1, -0.05) is 30.3 Å². The SMILES string of the molecule is CNc1ccc(C(=O)c2ccccc2)c(NC)c1. The smallest absolute Gasteiger partial charge is 0.195 e. The van der Waals surface area contributed by atoms with E-state index in [4.69, 9.17) is 0 Å². The number of carbonyl (C=O) groups is 1. The highest BCUT2D eigenvalue weighted by atomic mass is 16.1. The molecule has 18 heavy (non-hydrogen) atoms. The van der Waals surface area contributed by atoms with E-state index in [2.05, 4.69) is 10.6 Å². The van der Waals surface area contributed by atoms with Crippen molar-refractivity contribution in [1.82, 2.24) is 0 Å². The van der Waals surface area contributed by atoms with Crippen molar-refractivity contribution in [2.24, 2.45) is 0 Å². The molecule has 0 amide bonds. The summed E-state index contributed by atoms with van der Waals surface area (Å²) in [6, 6.07) is 15.0. The highest BCUT2D eigenvalue weighted by molar-refractivity contribution is 6.12. The van der Waals surface area contributed by atoms with E-state index >= 15 is 0 Å². The van der Waals surface area contributed by atoms with E-state index in [9.17, 15) is 4.79 Å². The van der Waals surface area contributed by atoms with Crippen LogP contribution in [0.4, 0.5) is 11.4 Å². The van der Waals surface area contributed by atoms with Crippen LogP contribution in [0.2, 0.25) is 0 Å². The number of hydrogen-bond acceptors (Lipinski definition) is 3. The predicted octanol–water partition coefficient (Wildman–Crippen LogP) is 3.00. The van der Waals surface area contributed by atoms with Crippen LogP contribution in [0.15, 0.2) is 48.5 Å². The lowest BCUT2D eigenvalue weighted by Crippen LogP contribution is -2.06. The molecule has 92 valence electrons. The molecule has 0 spiro atoms. The van der Waals surface area contributed by atoms with Gasteiger partial charge in [0, 0.05) is 36.6 Å². The number of rotatable bonds is 4. The molecule has 0 aliphatic rings. The van der Waals surface area contributed by atoms with Crippen LogP contribution >= 0.6 is 0 Å². The quantitative estimate of drug-likeness (QED) is 0.807. The maximum absolute atomic E-state index is 12.4. The van der Waals surface area contributed by atoms with E-state index < -0.39 is 0 Å². The van der Waals surface area contributed by atoms with E-state index in [0.717, 1.165) is 11.4 Å². The summed E-state index contributed by atoms with van der Waals surface area (Å²) in [6.07, 6.45) is 0. The summed E-state index contributed by atoms with van der Waals surface area (Å²) in [4.78, 5) is 12.4. The van der Waals surface area contributed by atoms with Gasteiger partial charge in [0.1, 0.15) is 0 Å². The van der Waals surface area contributed by atoms with Crippen LogP contribution in [0.3, 0.4) is 0 Å². The molecule has 0 aliphatic heterocycles. The molecular weight excluding hydrogens is 224 g/mol. The molecule has 0 heterocycles. The Balaban J connectivity index is 2.42. The van der Waals surface area contributed by atoms with Gasteiger partial charge in [0.2, 0.25) is 0 Å². The number of ketones is 1. The topological polar surface area (TPSA) is 41.1 Å². The average molecular weight is 240 g/mol. The van der Waals surface area contributed by atoms with Crippen LogP contribution in [-0.4, -0.2) is 19.9 Å². The van der Waals surface area contributed by atoms with E-state index in [1.165, 1.54) is 0 Å². The second-order valence-corrected chi connectivity index (χ2v) is 3.96. The normalized spacial score (nSPS) is 9.89. The molecular formula is C15H16N2O. The number of anilines is 2. The zero-order valence-corrected chi connectivity index (χ0v) is 10.5. The maximum atomic E-state index is 12.4. The van der Waals surface area contributed by atoms with E-state index in [1.54, 1.807) is 0 Å². The summed E-state index contributed by atoms with van der Waals surface area (Å²) in [5.74, 6) is 0.0302. The average Bonchev–Trinajstić information content (AvgIpc) is 2.46. The predicted molar refractivity (Wildman–Crippen MR) is 75.4 cm³/mol. The summed E-state index contributed by atoms with van der Waals surface area (Å²) in [6.45, 7) is 0. The molecule has 3 heteroatoms. The molecule has 2 N–H and O–H groups in total. The summed E-state index contributed by atoms with van der Waals surface area (Å²) < 4.78 is 0. The van der Waals surface area contributed by atoms with Crippen LogP contribution in [-0.2, 0) is 0 Å². The van der Waals surface area contributed by atoms with Crippen LogP contribution in [0.5, 0.6) is 0 Å². The fraction of sp³-hybridized carbons (Fsp3) is 0.133. The molecule has 0 aliphatic carbocycles. The first-order chi connectivity index (χ1) is 8.76. The van der Waals surface area contributed by atoms with Crippen molar-refractivity contribution in [1.29, 1.82) is 0 Å². The fourth-order valence-corrected chi connectivity index (χ4v) is 1.85. The Kier molecular flexibility index (Phi) is 3.63. The van der Waals surface area contributed by atoms with Gasteiger partial charge in [-0.2, -0.15) is 0 Å². The number of nitrogens with one attached hydrogen (secondary N) is 2. The second kappa shape index (κ2) is 5.36. The number of carbonyl (C=O) groups excluding carboxylic acids is 1. The van der Waals surface area contributed by atoms with Crippen molar-refractivity contribution in [3.8, 4) is 0 Å². The Hall–Kier alpha value is -2.29. The number of hydrogen-bond donors (Lipinski definition) is 2. The molecule has 0 atom stereocenters. The minimum Gasteiger partial charge on any atom is -0.388 e. The minimum absolute atomic E-state index is 0.0302. The van der Waals surface area contributed by atoms with Gasteiger partial charge in [0.05, 0.1) is 0 Å². The Morgan fingerprint density at radius 3 is 2.28 bits per heavy atom. The molecule has 2 aromatic carbocycles. The lowest BCUT2D eigenvalue weighted by atomic mass is 10.0. The van der Waals surface area contributed by atoms with Gasteiger partial charge in [-0.05, 0) is 18.2 Å². The number of benzene rings is 2. The largest absolute Gasteiger partial charge is 0.388 e. The van der Waals surface area contributed by atoms with Crippen molar-refractivity contribution in [2.75, 3.05) is 24.7 Å². The summed E-state index contributed by atoms with van der Waals surface area (Å²) in [5.41, 5.74) is 3.19. The van der Waals surface area contributed by atoms with Gasteiger partial charge >= 0.3 is 0 Å². The van der Waals surface area contributed by atoms with Gasteiger partial charge in [0.25, 0.3) is 0 Å². The van der Waals surface area contributed by atoms with Crippen molar-refractivity contribution < 1.29 is 4.79 Å². The third-order valence-corrected chi connectivity index (χ3v) is 2.86.